The summed E-state index contributed by atoms with van der Waals surface area (Å²) in [6.45, 7) is 0.271. The van der Waals surface area contributed by atoms with Gasteiger partial charge in [-0.3, -0.25) is 29.2 Å². The lowest BCUT2D eigenvalue weighted by molar-refractivity contribution is -0.135. The first-order valence-corrected chi connectivity index (χ1v) is 11.3. The lowest BCUT2D eigenvalue weighted by Gasteiger charge is -2.33. The van der Waals surface area contributed by atoms with Crippen LogP contribution in [0.4, 0.5) is 0 Å². The molecule has 5 aromatic rings. The number of amides is 1. The van der Waals surface area contributed by atoms with Crippen LogP contribution in [0.25, 0.3) is 44.1 Å². The number of fused-ring (bicyclic) bond motifs is 4. The predicted octanol–water partition coefficient (Wildman–Crippen LogP) is 1.33. The Morgan fingerprint density at radius 3 is 2.74 bits per heavy atom. The van der Waals surface area contributed by atoms with Gasteiger partial charge >= 0.3 is 5.69 Å². The normalized spacial score (nSPS) is 14.8. The number of aliphatic hydroxyl groups excluding tert-OH is 1. The molecule has 3 N–H and O–H groups in total. The van der Waals surface area contributed by atoms with Crippen molar-refractivity contribution < 1.29 is 9.90 Å². The number of aromatic nitrogens is 6. The summed E-state index contributed by atoms with van der Waals surface area (Å²) >= 11 is 0. The van der Waals surface area contributed by atoms with Crippen LogP contribution < -0.4 is 11.2 Å². The molecule has 1 aliphatic rings. The highest BCUT2D eigenvalue weighted by atomic mass is 16.3. The fraction of sp³-hybridized carbons (Fsp3) is 0.250. The summed E-state index contributed by atoms with van der Waals surface area (Å²) in [7, 11) is 0. The maximum Gasteiger partial charge on any atom is 0.329 e. The number of hydrogen-bond acceptors (Lipinski definition) is 7. The molecule has 1 aliphatic heterocycles. The van der Waals surface area contributed by atoms with Crippen molar-refractivity contribution in [3.63, 3.8) is 0 Å². The summed E-state index contributed by atoms with van der Waals surface area (Å²) in [6.07, 6.45) is 4.22. The Hall–Kier alpha value is -4.38. The topological polar surface area (TPSA) is 150 Å². The smallest absolute Gasteiger partial charge is 0.329 e. The highest BCUT2D eigenvalue weighted by Gasteiger charge is 2.26. The lowest BCUT2D eigenvalue weighted by Crippen LogP contribution is -2.43. The number of rotatable bonds is 3. The Labute approximate surface area is 197 Å². The summed E-state index contributed by atoms with van der Waals surface area (Å²) in [5, 5.41) is 17.4. The number of H-pyrrole nitrogens is 2. The molecule has 1 amide bonds. The Kier molecular flexibility index (Phi) is 4.92. The van der Waals surface area contributed by atoms with E-state index in [1.54, 1.807) is 15.7 Å². The molecule has 6 rings (SSSR count). The van der Waals surface area contributed by atoms with Gasteiger partial charge in [0, 0.05) is 36.3 Å². The maximum atomic E-state index is 13.1. The second-order valence-electron chi connectivity index (χ2n) is 8.66. The van der Waals surface area contributed by atoms with E-state index < -0.39 is 17.9 Å². The van der Waals surface area contributed by atoms with Crippen molar-refractivity contribution in [2.24, 2.45) is 0 Å². The first-order chi connectivity index (χ1) is 17.0. The first-order valence-electron chi connectivity index (χ1n) is 11.3. The molecule has 11 nitrogen and oxygen atoms in total. The van der Waals surface area contributed by atoms with Gasteiger partial charge in [-0.15, -0.1) is 0 Å². The predicted molar refractivity (Wildman–Crippen MR) is 129 cm³/mol. The van der Waals surface area contributed by atoms with Crippen LogP contribution in [0.1, 0.15) is 18.9 Å². The standard InChI is InChI=1S/C24H21N7O4/c32-12-20(33)30-7-5-15(6-8-30)31-22-16(23(34)28-24(31)35)11-25-19-4-3-17(27-21(19)22)13-1-2-18-14(9-13)10-26-29-18/h1-4,9-11,15,32H,5-8,12H2,(H,26,29)(H,28,34,35). The fourth-order valence-corrected chi connectivity index (χ4v) is 4.87. The zero-order chi connectivity index (χ0) is 24.1. The van der Waals surface area contributed by atoms with Gasteiger partial charge in [0.15, 0.2) is 0 Å². The van der Waals surface area contributed by atoms with E-state index in [-0.39, 0.29) is 17.3 Å². The molecule has 4 aromatic heterocycles. The summed E-state index contributed by atoms with van der Waals surface area (Å²) < 4.78 is 1.58. The van der Waals surface area contributed by atoms with Crippen LogP contribution in [0.3, 0.4) is 0 Å². The van der Waals surface area contributed by atoms with Gasteiger partial charge in [-0.1, -0.05) is 6.07 Å². The molecule has 0 bridgehead atoms. The molecule has 1 fully saturated rings. The van der Waals surface area contributed by atoms with E-state index in [2.05, 4.69) is 20.2 Å². The van der Waals surface area contributed by atoms with Crippen molar-refractivity contribution >= 4 is 38.7 Å². The second kappa shape index (κ2) is 8.13. The molecule has 1 aromatic carbocycles. The largest absolute Gasteiger partial charge is 0.387 e. The molecule has 0 atom stereocenters. The van der Waals surface area contributed by atoms with E-state index in [0.29, 0.717) is 48.2 Å². The van der Waals surface area contributed by atoms with Crippen LogP contribution in [0.2, 0.25) is 0 Å². The number of carbonyl (C=O) groups excluding carboxylic acids is 1. The van der Waals surface area contributed by atoms with Crippen LogP contribution in [-0.4, -0.2) is 65.3 Å². The van der Waals surface area contributed by atoms with E-state index in [1.807, 2.05) is 30.3 Å². The van der Waals surface area contributed by atoms with Crippen LogP contribution in [-0.2, 0) is 4.79 Å². The maximum absolute atomic E-state index is 13.1. The zero-order valence-electron chi connectivity index (χ0n) is 18.6. The second-order valence-corrected chi connectivity index (χ2v) is 8.66. The number of hydrogen-bond donors (Lipinski definition) is 3. The molecular weight excluding hydrogens is 450 g/mol. The van der Waals surface area contributed by atoms with Gasteiger partial charge in [0.2, 0.25) is 5.91 Å². The van der Waals surface area contributed by atoms with Crippen molar-refractivity contribution in [1.29, 1.82) is 0 Å². The fourth-order valence-electron chi connectivity index (χ4n) is 4.87. The average molecular weight is 471 g/mol. The Bertz CT molecular complexity index is 1730. The minimum absolute atomic E-state index is 0.247. The van der Waals surface area contributed by atoms with Crippen molar-refractivity contribution in [1.82, 2.24) is 34.6 Å². The highest BCUT2D eigenvalue weighted by molar-refractivity contribution is 6.01. The highest BCUT2D eigenvalue weighted by Crippen LogP contribution is 2.29. The molecule has 1 saturated heterocycles. The molecule has 0 saturated carbocycles. The third-order valence-electron chi connectivity index (χ3n) is 6.66. The summed E-state index contributed by atoms with van der Waals surface area (Å²) in [6, 6.07) is 9.27. The van der Waals surface area contributed by atoms with Gasteiger partial charge in [0.1, 0.15) is 12.1 Å². The molecule has 0 spiro atoms. The zero-order valence-corrected chi connectivity index (χ0v) is 18.6. The number of carbonyl (C=O) groups is 1. The van der Waals surface area contributed by atoms with Crippen molar-refractivity contribution in [2.75, 3.05) is 19.7 Å². The van der Waals surface area contributed by atoms with E-state index in [9.17, 15) is 14.4 Å². The Balaban J connectivity index is 1.53. The van der Waals surface area contributed by atoms with Crippen LogP contribution in [0, 0.1) is 0 Å². The van der Waals surface area contributed by atoms with Crippen molar-refractivity contribution in [2.45, 2.75) is 18.9 Å². The van der Waals surface area contributed by atoms with Crippen molar-refractivity contribution in [3.05, 3.63) is 63.6 Å². The van der Waals surface area contributed by atoms with E-state index in [4.69, 9.17) is 10.1 Å². The van der Waals surface area contributed by atoms with Gasteiger partial charge in [-0.25, -0.2) is 9.78 Å². The molecule has 0 aliphatic carbocycles. The molecule has 35 heavy (non-hydrogen) atoms. The minimum Gasteiger partial charge on any atom is -0.387 e. The number of piperidine rings is 1. The molecule has 0 radical (unpaired) electrons. The molecule has 11 heteroatoms. The SMILES string of the molecule is O=C(CO)N1CCC(n2c(=O)[nH]c(=O)c3cnc4ccc(-c5ccc6[nH]ncc6c5)nc4c32)CC1. The first kappa shape index (κ1) is 21.2. The van der Waals surface area contributed by atoms with Crippen LogP contribution in [0.15, 0.2) is 52.3 Å². The number of nitrogens with one attached hydrogen (secondary N) is 2. The van der Waals surface area contributed by atoms with Crippen LogP contribution in [0.5, 0.6) is 0 Å². The number of likely N-dealkylation sites (tertiary alicyclic amines) is 1. The van der Waals surface area contributed by atoms with E-state index in [0.717, 1.165) is 16.5 Å². The number of aromatic amines is 2. The van der Waals surface area contributed by atoms with Gasteiger partial charge in [0.05, 0.1) is 33.8 Å². The monoisotopic (exact) mass is 471 g/mol. The van der Waals surface area contributed by atoms with Gasteiger partial charge < -0.3 is 10.0 Å². The number of aliphatic hydroxyl groups is 1. The molecule has 176 valence electrons. The Morgan fingerprint density at radius 1 is 1.11 bits per heavy atom. The van der Waals surface area contributed by atoms with Gasteiger partial charge in [-0.05, 0) is 37.1 Å². The number of nitrogens with zero attached hydrogens (tertiary/aromatic N) is 5. The lowest BCUT2D eigenvalue weighted by atomic mass is 10.0. The molecule has 0 unspecified atom stereocenters. The van der Waals surface area contributed by atoms with E-state index in [1.165, 1.54) is 6.20 Å². The van der Waals surface area contributed by atoms with Crippen molar-refractivity contribution in [3.8, 4) is 11.3 Å². The summed E-state index contributed by atoms with van der Waals surface area (Å²) in [5.41, 5.74) is 2.88. The van der Waals surface area contributed by atoms with Gasteiger partial charge in [-0.2, -0.15) is 5.10 Å². The van der Waals surface area contributed by atoms with E-state index >= 15 is 0 Å². The average Bonchev–Trinajstić information content (AvgIpc) is 3.36. The summed E-state index contributed by atoms with van der Waals surface area (Å²) in [5.74, 6) is -0.335. The third-order valence-corrected chi connectivity index (χ3v) is 6.66. The minimum atomic E-state index is -0.542. The quantitative estimate of drug-likeness (QED) is 0.336. The molecule has 5 heterocycles. The Morgan fingerprint density at radius 2 is 1.94 bits per heavy atom. The number of pyridine rings is 2. The summed E-state index contributed by atoms with van der Waals surface area (Å²) in [4.78, 5) is 50.9. The third kappa shape index (κ3) is 3.48. The number of benzene rings is 1. The molecular formula is C24H21N7O4. The van der Waals surface area contributed by atoms with Crippen LogP contribution >= 0.6 is 0 Å². The van der Waals surface area contributed by atoms with Gasteiger partial charge in [0.25, 0.3) is 5.56 Å².